The molecular formula is C19H14Cl2F3NO4. The largest absolute Gasteiger partial charge is 0.481 e. The molecule has 0 aliphatic rings. The van der Waals surface area contributed by atoms with Crippen molar-refractivity contribution in [1.29, 1.82) is 0 Å². The Hall–Kier alpha value is -2.45. The van der Waals surface area contributed by atoms with Crippen molar-refractivity contribution in [1.82, 2.24) is 5.16 Å². The van der Waals surface area contributed by atoms with Gasteiger partial charge in [-0.15, -0.1) is 0 Å². The van der Waals surface area contributed by atoms with Crippen LogP contribution in [-0.2, 0) is 23.8 Å². The molecule has 0 spiro atoms. The smallest absolute Gasteiger partial charge is 0.437 e. The van der Waals surface area contributed by atoms with Crippen LogP contribution in [0.1, 0.15) is 30.2 Å². The number of carbonyl (C=O) groups is 1. The van der Waals surface area contributed by atoms with Gasteiger partial charge in [-0.25, -0.2) is 0 Å². The molecule has 3 aromatic rings. The third kappa shape index (κ3) is 4.43. The number of ether oxygens (including phenoxy) is 1. The molecule has 154 valence electrons. The first-order valence-corrected chi connectivity index (χ1v) is 9.23. The number of hydrogen-bond acceptors (Lipinski definition) is 4. The van der Waals surface area contributed by atoms with Crippen LogP contribution in [-0.4, -0.2) is 16.2 Å². The van der Waals surface area contributed by atoms with Crippen LogP contribution in [0.15, 0.2) is 28.8 Å². The molecule has 0 unspecified atom stereocenters. The van der Waals surface area contributed by atoms with Crippen molar-refractivity contribution in [2.75, 3.05) is 0 Å². The van der Waals surface area contributed by atoms with E-state index in [9.17, 15) is 18.0 Å². The van der Waals surface area contributed by atoms with Crippen LogP contribution in [0.2, 0.25) is 10.0 Å². The van der Waals surface area contributed by atoms with Gasteiger partial charge >= 0.3 is 12.1 Å². The first-order valence-electron chi connectivity index (χ1n) is 8.47. The Morgan fingerprint density at radius 2 is 2.00 bits per heavy atom. The van der Waals surface area contributed by atoms with Gasteiger partial charge in [-0.05, 0) is 24.6 Å². The van der Waals surface area contributed by atoms with Gasteiger partial charge in [0.1, 0.15) is 5.75 Å². The van der Waals surface area contributed by atoms with E-state index in [4.69, 9.17) is 37.6 Å². The Kier molecular flexibility index (Phi) is 5.95. The second-order valence-electron chi connectivity index (χ2n) is 6.25. The number of nitrogens with zero attached hydrogens (tertiary/aromatic N) is 1. The zero-order valence-corrected chi connectivity index (χ0v) is 16.5. The van der Waals surface area contributed by atoms with Gasteiger partial charge < -0.3 is 14.4 Å². The first-order chi connectivity index (χ1) is 13.6. The van der Waals surface area contributed by atoms with E-state index in [0.717, 1.165) is 6.07 Å². The second kappa shape index (κ2) is 8.12. The number of hydrogen-bond donors (Lipinski definition) is 1. The van der Waals surface area contributed by atoms with Crippen LogP contribution in [0, 0.1) is 0 Å². The van der Waals surface area contributed by atoms with Crippen LogP contribution in [0.4, 0.5) is 13.2 Å². The highest BCUT2D eigenvalue weighted by Gasteiger charge is 2.38. The summed E-state index contributed by atoms with van der Waals surface area (Å²) >= 11 is 12.3. The fourth-order valence-corrected chi connectivity index (χ4v) is 3.35. The lowest BCUT2D eigenvalue weighted by Crippen LogP contribution is -2.06. The molecular weight excluding hydrogens is 434 g/mol. The van der Waals surface area contributed by atoms with Gasteiger partial charge in [0.25, 0.3) is 0 Å². The summed E-state index contributed by atoms with van der Waals surface area (Å²) in [6, 6.07) is 5.49. The van der Waals surface area contributed by atoms with E-state index in [-0.39, 0.29) is 33.9 Å². The summed E-state index contributed by atoms with van der Waals surface area (Å²) in [4.78, 5) is 11.1. The van der Waals surface area contributed by atoms with Gasteiger partial charge in [0.05, 0.1) is 16.8 Å². The molecule has 10 heteroatoms. The highest BCUT2D eigenvalue weighted by molar-refractivity contribution is 6.33. The molecule has 0 fully saturated rings. The second-order valence-corrected chi connectivity index (χ2v) is 7.09. The number of fused-ring (bicyclic) bond motifs is 1. The standard InChI is InChI=1S/C19H14Cl2F3NO4/c1-2-3-11-16-12(18(25-29-16)19(22,23)24)8-13(21)17(11)28-14-7-10(20)5-4-9(14)6-15(26)27/h4-5,7-8H,2-3,6H2,1H3,(H,26,27). The summed E-state index contributed by atoms with van der Waals surface area (Å²) in [7, 11) is 0. The van der Waals surface area contributed by atoms with Gasteiger partial charge in [-0.1, -0.05) is 47.8 Å². The molecule has 0 aliphatic carbocycles. The fourth-order valence-electron chi connectivity index (χ4n) is 2.92. The van der Waals surface area contributed by atoms with Gasteiger partial charge in [0.15, 0.2) is 17.0 Å². The number of carboxylic acids is 1. The van der Waals surface area contributed by atoms with E-state index in [1.807, 2.05) is 6.92 Å². The zero-order valence-electron chi connectivity index (χ0n) is 14.9. The van der Waals surface area contributed by atoms with E-state index in [1.54, 1.807) is 0 Å². The molecule has 0 radical (unpaired) electrons. The molecule has 0 bridgehead atoms. The van der Waals surface area contributed by atoms with Crippen molar-refractivity contribution >= 4 is 40.1 Å². The Morgan fingerprint density at radius 1 is 1.28 bits per heavy atom. The van der Waals surface area contributed by atoms with E-state index in [0.29, 0.717) is 29.0 Å². The molecule has 2 aromatic carbocycles. The average Bonchev–Trinajstić information content (AvgIpc) is 3.03. The maximum atomic E-state index is 13.2. The number of alkyl halides is 3. The van der Waals surface area contributed by atoms with Crippen molar-refractivity contribution in [3.05, 3.63) is 51.1 Å². The minimum atomic E-state index is -4.71. The molecule has 3 rings (SSSR count). The SMILES string of the molecule is CCCc1c(Oc2cc(Cl)ccc2CC(=O)O)c(Cl)cc2c(C(F)(F)F)noc12. The fraction of sp³-hybridized carbons (Fsp3) is 0.263. The number of aliphatic carboxylic acids is 1. The third-order valence-corrected chi connectivity index (χ3v) is 4.63. The van der Waals surface area contributed by atoms with E-state index in [2.05, 4.69) is 5.16 Å². The Bertz CT molecular complexity index is 1080. The topological polar surface area (TPSA) is 72.6 Å². The minimum Gasteiger partial charge on any atom is -0.481 e. The highest BCUT2D eigenvalue weighted by Crippen LogP contribution is 2.44. The quantitative estimate of drug-likeness (QED) is 0.465. The molecule has 0 amide bonds. The van der Waals surface area contributed by atoms with Crippen LogP contribution >= 0.6 is 23.2 Å². The average molecular weight is 448 g/mol. The van der Waals surface area contributed by atoms with Crippen molar-refractivity contribution < 1.29 is 32.3 Å². The molecule has 29 heavy (non-hydrogen) atoms. The lowest BCUT2D eigenvalue weighted by molar-refractivity contribution is -0.141. The third-order valence-electron chi connectivity index (χ3n) is 4.12. The van der Waals surface area contributed by atoms with Crippen molar-refractivity contribution in [3.63, 3.8) is 0 Å². The Balaban J connectivity index is 2.18. The van der Waals surface area contributed by atoms with Crippen molar-refractivity contribution in [2.45, 2.75) is 32.4 Å². The zero-order chi connectivity index (χ0) is 21.3. The summed E-state index contributed by atoms with van der Waals surface area (Å²) in [5, 5.41) is 12.2. The van der Waals surface area contributed by atoms with Gasteiger partial charge in [0.2, 0.25) is 0 Å². The summed E-state index contributed by atoms with van der Waals surface area (Å²) in [6.45, 7) is 1.83. The van der Waals surface area contributed by atoms with Crippen molar-refractivity contribution in [3.8, 4) is 11.5 Å². The molecule has 0 atom stereocenters. The number of rotatable bonds is 6. The maximum absolute atomic E-state index is 13.2. The van der Waals surface area contributed by atoms with Crippen LogP contribution in [0.3, 0.4) is 0 Å². The summed E-state index contributed by atoms with van der Waals surface area (Å²) in [5.74, 6) is -0.883. The number of aryl methyl sites for hydroxylation is 1. The van der Waals surface area contributed by atoms with Gasteiger partial charge in [-0.2, -0.15) is 13.2 Å². The first kappa shape index (κ1) is 21.3. The molecule has 0 saturated heterocycles. The van der Waals surface area contributed by atoms with E-state index >= 15 is 0 Å². The molecule has 1 heterocycles. The summed E-state index contributed by atoms with van der Waals surface area (Å²) in [5.41, 5.74) is -0.624. The van der Waals surface area contributed by atoms with Gasteiger partial charge in [0, 0.05) is 16.1 Å². The molecule has 0 saturated carbocycles. The number of aromatic nitrogens is 1. The van der Waals surface area contributed by atoms with E-state index in [1.165, 1.54) is 18.2 Å². The minimum absolute atomic E-state index is 0.0693. The summed E-state index contributed by atoms with van der Waals surface area (Å²) in [6.07, 6.45) is -4.18. The van der Waals surface area contributed by atoms with Gasteiger partial charge in [-0.3, -0.25) is 4.79 Å². The van der Waals surface area contributed by atoms with Crippen LogP contribution in [0.5, 0.6) is 11.5 Å². The van der Waals surface area contributed by atoms with E-state index < -0.39 is 17.8 Å². The molecule has 0 aliphatic heterocycles. The molecule has 1 N–H and O–H groups in total. The normalized spacial score (nSPS) is 11.8. The van der Waals surface area contributed by atoms with Crippen molar-refractivity contribution in [2.24, 2.45) is 0 Å². The molecule has 5 nitrogen and oxygen atoms in total. The summed E-state index contributed by atoms with van der Waals surface area (Å²) < 4.78 is 50.4. The predicted octanol–water partition coefficient (Wildman–Crippen LogP) is 6.53. The maximum Gasteiger partial charge on any atom is 0.437 e. The Labute approximate surface area is 172 Å². The van der Waals surface area contributed by atoms with Crippen LogP contribution in [0.25, 0.3) is 11.0 Å². The molecule has 1 aromatic heterocycles. The lowest BCUT2D eigenvalue weighted by Gasteiger charge is -2.16. The highest BCUT2D eigenvalue weighted by atomic mass is 35.5. The van der Waals surface area contributed by atoms with Crippen LogP contribution < -0.4 is 4.74 Å². The monoisotopic (exact) mass is 447 g/mol. The number of carboxylic acid groups (broad SMARTS) is 1. The number of halogens is 5. The Morgan fingerprint density at radius 3 is 2.62 bits per heavy atom. The number of benzene rings is 2. The predicted molar refractivity (Wildman–Crippen MR) is 101 cm³/mol. The lowest BCUT2D eigenvalue weighted by atomic mass is 10.0.